The van der Waals surface area contributed by atoms with E-state index in [1.807, 2.05) is 24.3 Å². The largest absolute Gasteiger partial charge is 0.466 e. The summed E-state index contributed by atoms with van der Waals surface area (Å²) in [5, 5.41) is 0. The Balaban J connectivity index is 2.27. The molecule has 0 atom stereocenters. The standard InChI is InChI=1S/C15H17NO3/c1-19-15(18)10-9-12-6-2-3-7-13(12)16-11-5-4-8-14(16)17/h2-3,6-7,9-10H,4-5,8,11H2,1H3/b10-9+. The molecule has 0 saturated carbocycles. The molecule has 1 amide bonds. The first kappa shape index (κ1) is 13.3. The highest BCUT2D eigenvalue weighted by atomic mass is 16.5. The maximum atomic E-state index is 12.0. The lowest BCUT2D eigenvalue weighted by Gasteiger charge is -2.28. The number of methoxy groups -OCH3 is 1. The first-order valence-corrected chi connectivity index (χ1v) is 6.38. The zero-order valence-electron chi connectivity index (χ0n) is 11.0. The number of carbonyl (C=O) groups excluding carboxylic acids is 2. The molecule has 0 aliphatic carbocycles. The van der Waals surface area contributed by atoms with Crippen LogP contribution >= 0.6 is 0 Å². The summed E-state index contributed by atoms with van der Waals surface area (Å²) in [6.07, 6.45) is 5.61. The number of para-hydroxylation sites is 1. The Kier molecular flexibility index (Phi) is 4.34. The number of esters is 1. The van der Waals surface area contributed by atoms with Gasteiger partial charge in [-0.2, -0.15) is 0 Å². The summed E-state index contributed by atoms with van der Waals surface area (Å²) in [6.45, 7) is 0.738. The molecule has 1 fully saturated rings. The molecule has 0 radical (unpaired) electrons. The van der Waals surface area contributed by atoms with Gasteiger partial charge in [-0.3, -0.25) is 4.79 Å². The third-order valence-electron chi connectivity index (χ3n) is 3.15. The Morgan fingerprint density at radius 2 is 2.11 bits per heavy atom. The van der Waals surface area contributed by atoms with Crippen molar-refractivity contribution in [2.45, 2.75) is 19.3 Å². The third kappa shape index (κ3) is 3.22. The highest BCUT2D eigenvalue weighted by molar-refractivity contribution is 5.97. The van der Waals surface area contributed by atoms with Crippen LogP contribution in [0, 0.1) is 0 Å². The zero-order chi connectivity index (χ0) is 13.7. The highest BCUT2D eigenvalue weighted by Gasteiger charge is 2.20. The van der Waals surface area contributed by atoms with Gasteiger partial charge in [-0.15, -0.1) is 0 Å². The molecule has 1 heterocycles. The summed E-state index contributed by atoms with van der Waals surface area (Å²) in [5.41, 5.74) is 1.70. The molecule has 19 heavy (non-hydrogen) atoms. The van der Waals surface area contributed by atoms with Crippen LogP contribution < -0.4 is 4.90 Å². The van der Waals surface area contributed by atoms with Gasteiger partial charge in [0, 0.05) is 19.0 Å². The molecule has 0 spiro atoms. The van der Waals surface area contributed by atoms with Gasteiger partial charge in [-0.25, -0.2) is 4.79 Å². The number of benzene rings is 1. The monoisotopic (exact) mass is 259 g/mol. The van der Waals surface area contributed by atoms with Gasteiger partial charge in [0.05, 0.1) is 12.8 Å². The van der Waals surface area contributed by atoms with Crippen LogP contribution in [0.1, 0.15) is 24.8 Å². The van der Waals surface area contributed by atoms with Crippen molar-refractivity contribution in [3.8, 4) is 0 Å². The van der Waals surface area contributed by atoms with Crippen LogP contribution in [-0.2, 0) is 14.3 Å². The van der Waals surface area contributed by atoms with Gasteiger partial charge in [0.15, 0.2) is 0 Å². The average molecular weight is 259 g/mol. The van der Waals surface area contributed by atoms with Crippen LogP contribution in [0.2, 0.25) is 0 Å². The van der Waals surface area contributed by atoms with E-state index in [4.69, 9.17) is 0 Å². The van der Waals surface area contributed by atoms with Crippen molar-refractivity contribution in [2.24, 2.45) is 0 Å². The minimum absolute atomic E-state index is 0.144. The fourth-order valence-electron chi connectivity index (χ4n) is 2.16. The van der Waals surface area contributed by atoms with Crippen LogP contribution in [0.5, 0.6) is 0 Å². The van der Waals surface area contributed by atoms with Gasteiger partial charge in [0.2, 0.25) is 5.91 Å². The lowest BCUT2D eigenvalue weighted by Crippen LogP contribution is -2.35. The molecule has 0 bridgehead atoms. The fourth-order valence-corrected chi connectivity index (χ4v) is 2.16. The summed E-state index contributed by atoms with van der Waals surface area (Å²) < 4.78 is 4.57. The second kappa shape index (κ2) is 6.18. The molecule has 0 N–H and O–H groups in total. The maximum Gasteiger partial charge on any atom is 0.330 e. The Labute approximate surface area is 112 Å². The molecule has 0 aromatic heterocycles. The number of amides is 1. The van der Waals surface area contributed by atoms with Crippen molar-refractivity contribution in [3.63, 3.8) is 0 Å². The molecule has 1 aliphatic heterocycles. The van der Waals surface area contributed by atoms with E-state index in [1.54, 1.807) is 11.0 Å². The molecule has 2 rings (SSSR count). The molecule has 4 heteroatoms. The SMILES string of the molecule is COC(=O)/C=C/c1ccccc1N1CCCCC1=O. The van der Waals surface area contributed by atoms with Crippen LogP contribution in [-0.4, -0.2) is 25.5 Å². The number of anilines is 1. The van der Waals surface area contributed by atoms with E-state index in [0.29, 0.717) is 6.42 Å². The van der Waals surface area contributed by atoms with Gasteiger partial charge in [-0.1, -0.05) is 18.2 Å². The summed E-state index contributed by atoms with van der Waals surface area (Å²) in [5.74, 6) is -0.259. The minimum atomic E-state index is -0.403. The van der Waals surface area contributed by atoms with Crippen molar-refractivity contribution < 1.29 is 14.3 Å². The van der Waals surface area contributed by atoms with E-state index in [2.05, 4.69) is 4.74 Å². The van der Waals surface area contributed by atoms with E-state index in [0.717, 1.165) is 30.6 Å². The van der Waals surface area contributed by atoms with E-state index < -0.39 is 5.97 Å². The number of piperidine rings is 1. The number of ether oxygens (including phenoxy) is 1. The molecule has 4 nitrogen and oxygen atoms in total. The van der Waals surface area contributed by atoms with Crippen LogP contribution in [0.3, 0.4) is 0 Å². The molecule has 100 valence electrons. The Bertz CT molecular complexity index is 508. The second-order valence-corrected chi connectivity index (χ2v) is 4.42. The Morgan fingerprint density at radius 1 is 1.32 bits per heavy atom. The van der Waals surface area contributed by atoms with Crippen LogP contribution in [0.15, 0.2) is 30.3 Å². The number of hydrogen-bond acceptors (Lipinski definition) is 3. The maximum absolute atomic E-state index is 12.0. The Morgan fingerprint density at radius 3 is 2.84 bits per heavy atom. The second-order valence-electron chi connectivity index (χ2n) is 4.42. The van der Waals surface area contributed by atoms with Gasteiger partial charge in [-0.05, 0) is 30.5 Å². The molecule has 1 aliphatic rings. The molecule has 1 aromatic carbocycles. The first-order valence-electron chi connectivity index (χ1n) is 6.38. The van der Waals surface area contributed by atoms with Gasteiger partial charge in [0.25, 0.3) is 0 Å². The summed E-state index contributed by atoms with van der Waals surface area (Å²) in [6, 6.07) is 7.57. The predicted molar refractivity (Wildman–Crippen MR) is 73.7 cm³/mol. The lowest BCUT2D eigenvalue weighted by molar-refractivity contribution is -0.134. The molecular formula is C15H17NO3. The van der Waals surface area contributed by atoms with E-state index >= 15 is 0 Å². The first-order chi connectivity index (χ1) is 9.22. The normalized spacial score (nSPS) is 15.8. The minimum Gasteiger partial charge on any atom is -0.466 e. The number of rotatable bonds is 3. The number of hydrogen-bond donors (Lipinski definition) is 0. The van der Waals surface area contributed by atoms with Crippen LogP contribution in [0.4, 0.5) is 5.69 Å². The zero-order valence-corrected chi connectivity index (χ0v) is 11.0. The molecule has 1 saturated heterocycles. The van der Waals surface area contributed by atoms with Crippen molar-refractivity contribution in [1.82, 2.24) is 0 Å². The average Bonchev–Trinajstić information content (AvgIpc) is 2.45. The smallest absolute Gasteiger partial charge is 0.330 e. The quantitative estimate of drug-likeness (QED) is 0.618. The van der Waals surface area contributed by atoms with Crippen molar-refractivity contribution >= 4 is 23.6 Å². The van der Waals surface area contributed by atoms with Gasteiger partial charge in [0.1, 0.15) is 0 Å². The fraction of sp³-hybridized carbons (Fsp3) is 0.333. The highest BCUT2D eigenvalue weighted by Crippen LogP contribution is 2.25. The summed E-state index contributed by atoms with van der Waals surface area (Å²) in [4.78, 5) is 24.9. The van der Waals surface area contributed by atoms with E-state index in [1.165, 1.54) is 13.2 Å². The van der Waals surface area contributed by atoms with E-state index in [-0.39, 0.29) is 5.91 Å². The summed E-state index contributed by atoms with van der Waals surface area (Å²) in [7, 11) is 1.34. The lowest BCUT2D eigenvalue weighted by atomic mass is 10.1. The summed E-state index contributed by atoms with van der Waals surface area (Å²) >= 11 is 0. The molecule has 1 aromatic rings. The number of nitrogens with zero attached hydrogens (tertiary/aromatic N) is 1. The third-order valence-corrected chi connectivity index (χ3v) is 3.15. The molecular weight excluding hydrogens is 242 g/mol. The Hall–Kier alpha value is -2.10. The van der Waals surface area contributed by atoms with Gasteiger partial charge >= 0.3 is 5.97 Å². The molecule has 0 unspecified atom stereocenters. The van der Waals surface area contributed by atoms with Gasteiger partial charge < -0.3 is 9.64 Å². The van der Waals surface area contributed by atoms with Crippen molar-refractivity contribution in [1.29, 1.82) is 0 Å². The number of carbonyl (C=O) groups is 2. The topological polar surface area (TPSA) is 46.6 Å². The van der Waals surface area contributed by atoms with E-state index in [9.17, 15) is 9.59 Å². The van der Waals surface area contributed by atoms with Crippen molar-refractivity contribution in [3.05, 3.63) is 35.9 Å². The van der Waals surface area contributed by atoms with Crippen LogP contribution in [0.25, 0.3) is 6.08 Å². The predicted octanol–water partition coefficient (Wildman–Crippen LogP) is 2.39. The van der Waals surface area contributed by atoms with Crippen molar-refractivity contribution in [2.75, 3.05) is 18.6 Å².